The monoisotopic (exact) mass is 261 g/mol. The number of benzene rings is 1. The van der Waals surface area contributed by atoms with Crippen LogP contribution in [0.25, 0.3) is 0 Å². The van der Waals surface area contributed by atoms with Gasteiger partial charge in [-0.25, -0.2) is 0 Å². The molecule has 0 radical (unpaired) electrons. The maximum absolute atomic E-state index is 10.6. The number of hydrogen-bond donors (Lipinski definition) is 0. The summed E-state index contributed by atoms with van der Waals surface area (Å²) >= 11 is 0. The van der Waals surface area contributed by atoms with Gasteiger partial charge in [0.05, 0.1) is 0 Å². The second kappa shape index (κ2) is 6.71. The Morgan fingerprint density at radius 3 is 2.42 bits per heavy atom. The van der Waals surface area contributed by atoms with Crippen molar-refractivity contribution in [3.8, 4) is 5.75 Å². The molecule has 1 fully saturated rings. The maximum Gasteiger partial charge on any atom is 0.150 e. The highest BCUT2D eigenvalue weighted by molar-refractivity contribution is 5.74. The van der Waals surface area contributed by atoms with Crippen molar-refractivity contribution in [3.05, 3.63) is 29.8 Å². The van der Waals surface area contributed by atoms with Gasteiger partial charge in [0.2, 0.25) is 0 Å². The Morgan fingerprint density at radius 1 is 1.21 bits per heavy atom. The highest BCUT2D eigenvalue weighted by Crippen LogP contribution is 2.22. The average molecular weight is 261 g/mol. The summed E-state index contributed by atoms with van der Waals surface area (Å²) in [5, 5.41) is 0. The summed E-state index contributed by atoms with van der Waals surface area (Å²) in [7, 11) is 0. The Bertz CT molecular complexity index is 392. The van der Waals surface area contributed by atoms with E-state index < -0.39 is 0 Å². The number of carbonyl (C=O) groups is 1. The lowest BCUT2D eigenvalue weighted by Gasteiger charge is -2.38. The van der Waals surface area contributed by atoms with E-state index in [4.69, 9.17) is 4.74 Å². The molecule has 1 aliphatic rings. The van der Waals surface area contributed by atoms with Gasteiger partial charge in [0.1, 0.15) is 18.6 Å². The van der Waals surface area contributed by atoms with Crippen molar-refractivity contribution >= 4 is 6.29 Å². The first-order valence-electron chi connectivity index (χ1n) is 7.14. The third-order valence-corrected chi connectivity index (χ3v) is 4.01. The molecule has 0 spiro atoms. The zero-order chi connectivity index (χ0) is 13.7. The molecule has 1 aromatic carbocycles. The highest BCUT2D eigenvalue weighted by Gasteiger charge is 2.23. The molecule has 0 amide bonds. The molecule has 0 bridgehead atoms. The molecule has 3 heteroatoms. The molecule has 104 valence electrons. The van der Waals surface area contributed by atoms with Gasteiger partial charge in [-0.05, 0) is 51.0 Å². The van der Waals surface area contributed by atoms with Gasteiger partial charge in [-0.3, -0.25) is 9.69 Å². The molecule has 2 rings (SSSR count). The van der Waals surface area contributed by atoms with Gasteiger partial charge in [-0.1, -0.05) is 6.42 Å². The largest absolute Gasteiger partial charge is 0.492 e. The summed E-state index contributed by atoms with van der Waals surface area (Å²) in [6.45, 7) is 6.27. The van der Waals surface area contributed by atoms with Crippen molar-refractivity contribution in [1.29, 1.82) is 0 Å². The van der Waals surface area contributed by atoms with Crippen LogP contribution in [0.3, 0.4) is 0 Å². The van der Waals surface area contributed by atoms with E-state index in [2.05, 4.69) is 18.7 Å². The van der Waals surface area contributed by atoms with Gasteiger partial charge in [0, 0.05) is 24.2 Å². The number of aldehydes is 1. The van der Waals surface area contributed by atoms with E-state index in [9.17, 15) is 4.79 Å². The van der Waals surface area contributed by atoms with Crippen molar-refractivity contribution in [3.63, 3.8) is 0 Å². The molecule has 0 saturated carbocycles. The van der Waals surface area contributed by atoms with Crippen LogP contribution in [0.15, 0.2) is 24.3 Å². The third kappa shape index (κ3) is 3.80. The van der Waals surface area contributed by atoms with Gasteiger partial charge < -0.3 is 4.74 Å². The molecular weight excluding hydrogens is 238 g/mol. The molecule has 19 heavy (non-hydrogen) atoms. The van der Waals surface area contributed by atoms with Gasteiger partial charge in [0.15, 0.2) is 0 Å². The van der Waals surface area contributed by atoms with E-state index in [-0.39, 0.29) is 0 Å². The molecule has 3 nitrogen and oxygen atoms in total. The molecule has 0 N–H and O–H groups in total. The van der Waals surface area contributed by atoms with Gasteiger partial charge in [-0.2, -0.15) is 0 Å². The number of rotatable bonds is 5. The number of carbonyl (C=O) groups excluding carboxylic acids is 1. The average Bonchev–Trinajstić information content (AvgIpc) is 2.43. The van der Waals surface area contributed by atoms with Crippen LogP contribution in [0.4, 0.5) is 0 Å². The molecule has 2 unspecified atom stereocenters. The fourth-order valence-electron chi connectivity index (χ4n) is 2.83. The second-order valence-corrected chi connectivity index (χ2v) is 5.40. The quantitative estimate of drug-likeness (QED) is 0.763. The van der Waals surface area contributed by atoms with Crippen LogP contribution in [0, 0.1) is 0 Å². The Balaban J connectivity index is 1.80. The summed E-state index contributed by atoms with van der Waals surface area (Å²) in [5.41, 5.74) is 0.686. The molecule has 1 aromatic rings. The standard InChI is InChI=1S/C16H23NO2/c1-13-4-3-5-14(2)17(13)10-11-19-16-8-6-15(12-18)7-9-16/h6-9,12-14H,3-5,10-11H2,1-2H3. The topological polar surface area (TPSA) is 29.5 Å². The molecule has 1 saturated heterocycles. The molecule has 1 aliphatic heterocycles. The number of hydrogen-bond acceptors (Lipinski definition) is 3. The maximum atomic E-state index is 10.6. The minimum atomic E-state index is 0.657. The number of ether oxygens (including phenoxy) is 1. The number of piperidine rings is 1. The van der Waals surface area contributed by atoms with Gasteiger partial charge in [0.25, 0.3) is 0 Å². The molecule has 0 aliphatic carbocycles. The van der Waals surface area contributed by atoms with Crippen LogP contribution < -0.4 is 4.74 Å². The Kier molecular flexibility index (Phi) is 4.97. The normalized spacial score (nSPS) is 24.1. The second-order valence-electron chi connectivity index (χ2n) is 5.40. The van der Waals surface area contributed by atoms with Crippen molar-refractivity contribution in [1.82, 2.24) is 4.90 Å². The van der Waals surface area contributed by atoms with Crippen molar-refractivity contribution in [2.24, 2.45) is 0 Å². The van der Waals surface area contributed by atoms with E-state index in [0.717, 1.165) is 18.6 Å². The lowest BCUT2D eigenvalue weighted by Crippen LogP contribution is -2.45. The van der Waals surface area contributed by atoms with Crippen LogP contribution in [0.1, 0.15) is 43.5 Å². The lowest BCUT2D eigenvalue weighted by atomic mass is 9.98. The van der Waals surface area contributed by atoms with Crippen molar-refractivity contribution in [2.45, 2.75) is 45.2 Å². The van der Waals surface area contributed by atoms with Crippen LogP contribution >= 0.6 is 0 Å². The fourth-order valence-corrected chi connectivity index (χ4v) is 2.83. The predicted molar refractivity (Wildman–Crippen MR) is 76.8 cm³/mol. The summed E-state index contributed by atoms with van der Waals surface area (Å²) in [6, 6.07) is 8.59. The van der Waals surface area contributed by atoms with Crippen LogP contribution in [-0.2, 0) is 0 Å². The van der Waals surface area contributed by atoms with E-state index in [0.29, 0.717) is 24.3 Å². The van der Waals surface area contributed by atoms with Crippen molar-refractivity contribution in [2.75, 3.05) is 13.2 Å². The minimum absolute atomic E-state index is 0.657. The Hall–Kier alpha value is -1.35. The van der Waals surface area contributed by atoms with Gasteiger partial charge in [-0.15, -0.1) is 0 Å². The molecule has 2 atom stereocenters. The third-order valence-electron chi connectivity index (χ3n) is 4.01. The first-order chi connectivity index (χ1) is 9.20. The van der Waals surface area contributed by atoms with Crippen LogP contribution in [0.5, 0.6) is 5.75 Å². The smallest absolute Gasteiger partial charge is 0.150 e. The Morgan fingerprint density at radius 2 is 1.84 bits per heavy atom. The molecule has 0 aromatic heterocycles. The van der Waals surface area contributed by atoms with E-state index >= 15 is 0 Å². The summed E-state index contributed by atoms with van der Waals surface area (Å²) in [5.74, 6) is 0.836. The molecule has 1 heterocycles. The summed E-state index contributed by atoms with van der Waals surface area (Å²) in [4.78, 5) is 13.1. The predicted octanol–water partition coefficient (Wildman–Crippen LogP) is 3.14. The fraction of sp³-hybridized carbons (Fsp3) is 0.562. The molecular formula is C16H23NO2. The minimum Gasteiger partial charge on any atom is -0.492 e. The van der Waals surface area contributed by atoms with Gasteiger partial charge >= 0.3 is 0 Å². The van der Waals surface area contributed by atoms with E-state index in [1.165, 1.54) is 19.3 Å². The first-order valence-corrected chi connectivity index (χ1v) is 7.14. The Labute approximate surface area is 115 Å². The first kappa shape index (κ1) is 14.1. The van der Waals surface area contributed by atoms with E-state index in [1.54, 1.807) is 12.1 Å². The zero-order valence-electron chi connectivity index (χ0n) is 11.8. The van der Waals surface area contributed by atoms with E-state index in [1.807, 2.05) is 12.1 Å². The number of nitrogens with zero attached hydrogens (tertiary/aromatic N) is 1. The van der Waals surface area contributed by atoms with Crippen LogP contribution in [0.2, 0.25) is 0 Å². The number of likely N-dealkylation sites (tertiary alicyclic amines) is 1. The summed E-state index contributed by atoms with van der Waals surface area (Å²) < 4.78 is 5.75. The highest BCUT2D eigenvalue weighted by atomic mass is 16.5. The van der Waals surface area contributed by atoms with Crippen LogP contribution in [-0.4, -0.2) is 36.4 Å². The zero-order valence-corrected chi connectivity index (χ0v) is 11.8. The summed E-state index contributed by atoms with van der Waals surface area (Å²) in [6.07, 6.45) is 4.77. The SMILES string of the molecule is CC1CCCC(C)N1CCOc1ccc(C=O)cc1. The van der Waals surface area contributed by atoms with Crippen molar-refractivity contribution < 1.29 is 9.53 Å². The lowest BCUT2D eigenvalue weighted by molar-refractivity contribution is 0.0851.